The molecule has 150 valence electrons. The summed E-state index contributed by atoms with van der Waals surface area (Å²) < 4.78 is 43.2. The molecule has 1 aliphatic rings. The van der Waals surface area contributed by atoms with Crippen molar-refractivity contribution in [2.75, 3.05) is 25.3 Å². The lowest BCUT2D eigenvalue weighted by molar-refractivity contribution is -0.118. The van der Waals surface area contributed by atoms with Crippen LogP contribution >= 0.6 is 0 Å². The second-order valence-electron chi connectivity index (χ2n) is 6.43. The Balaban J connectivity index is 1.50. The SMILES string of the molecule is CC(C)C(=O)Nc1ccc(S(=O)(=O)NCCOc2ccc3c(c2)OCO3)cc1. The fourth-order valence-electron chi connectivity index (χ4n) is 2.40. The average molecular weight is 406 g/mol. The number of ether oxygens (including phenoxy) is 3. The molecule has 0 aliphatic carbocycles. The lowest BCUT2D eigenvalue weighted by Gasteiger charge is -2.10. The molecule has 0 saturated carbocycles. The normalized spacial score (nSPS) is 12.8. The number of carbonyl (C=O) groups excluding carboxylic acids is 1. The third-order valence-electron chi connectivity index (χ3n) is 3.96. The Morgan fingerprint density at radius 3 is 2.54 bits per heavy atom. The zero-order chi connectivity index (χ0) is 20.1. The molecule has 1 heterocycles. The predicted octanol–water partition coefficient (Wildman–Crippen LogP) is 2.37. The first-order chi connectivity index (χ1) is 13.3. The van der Waals surface area contributed by atoms with Gasteiger partial charge in [-0.05, 0) is 36.4 Å². The van der Waals surface area contributed by atoms with E-state index < -0.39 is 10.0 Å². The summed E-state index contributed by atoms with van der Waals surface area (Å²) >= 11 is 0. The van der Waals surface area contributed by atoms with E-state index in [2.05, 4.69) is 10.0 Å². The van der Waals surface area contributed by atoms with E-state index in [0.29, 0.717) is 22.9 Å². The van der Waals surface area contributed by atoms with E-state index in [1.165, 1.54) is 12.1 Å². The number of amides is 1. The summed E-state index contributed by atoms with van der Waals surface area (Å²) in [5.41, 5.74) is 0.545. The van der Waals surface area contributed by atoms with Gasteiger partial charge in [0.05, 0.1) is 4.90 Å². The van der Waals surface area contributed by atoms with Gasteiger partial charge >= 0.3 is 0 Å². The van der Waals surface area contributed by atoms with Crippen LogP contribution in [0.2, 0.25) is 0 Å². The third kappa shape index (κ3) is 4.93. The maximum atomic E-state index is 12.3. The van der Waals surface area contributed by atoms with Crippen molar-refractivity contribution >= 4 is 21.6 Å². The number of fused-ring (bicyclic) bond motifs is 1. The molecule has 1 aliphatic heterocycles. The molecule has 0 atom stereocenters. The highest BCUT2D eigenvalue weighted by Crippen LogP contribution is 2.35. The van der Waals surface area contributed by atoms with Gasteiger partial charge in [0, 0.05) is 24.2 Å². The van der Waals surface area contributed by atoms with Crippen LogP contribution in [-0.2, 0) is 14.8 Å². The molecule has 0 spiro atoms. The molecule has 9 heteroatoms. The number of benzene rings is 2. The van der Waals surface area contributed by atoms with Crippen LogP contribution in [0.15, 0.2) is 47.4 Å². The molecule has 0 aromatic heterocycles. The number of hydrogen-bond acceptors (Lipinski definition) is 6. The van der Waals surface area contributed by atoms with Gasteiger partial charge in [-0.2, -0.15) is 0 Å². The topological polar surface area (TPSA) is 103 Å². The molecule has 0 radical (unpaired) electrons. The van der Waals surface area contributed by atoms with Gasteiger partial charge in [-0.3, -0.25) is 4.79 Å². The fourth-order valence-corrected chi connectivity index (χ4v) is 3.41. The molecule has 1 amide bonds. The smallest absolute Gasteiger partial charge is 0.240 e. The highest BCUT2D eigenvalue weighted by molar-refractivity contribution is 7.89. The lowest BCUT2D eigenvalue weighted by atomic mass is 10.2. The van der Waals surface area contributed by atoms with Crippen molar-refractivity contribution in [2.24, 2.45) is 5.92 Å². The molecule has 0 unspecified atom stereocenters. The maximum absolute atomic E-state index is 12.3. The number of nitrogens with one attached hydrogen (secondary N) is 2. The second kappa shape index (κ2) is 8.49. The van der Waals surface area contributed by atoms with E-state index in [9.17, 15) is 13.2 Å². The number of anilines is 1. The van der Waals surface area contributed by atoms with Crippen LogP contribution < -0.4 is 24.2 Å². The van der Waals surface area contributed by atoms with Gasteiger partial charge in [-0.25, -0.2) is 13.1 Å². The number of carbonyl (C=O) groups is 1. The average Bonchev–Trinajstić information content (AvgIpc) is 3.13. The van der Waals surface area contributed by atoms with E-state index in [1.54, 1.807) is 44.2 Å². The maximum Gasteiger partial charge on any atom is 0.240 e. The molecule has 0 saturated heterocycles. The monoisotopic (exact) mass is 406 g/mol. The van der Waals surface area contributed by atoms with Gasteiger partial charge in [0.2, 0.25) is 22.7 Å². The van der Waals surface area contributed by atoms with Crippen LogP contribution in [0.1, 0.15) is 13.8 Å². The van der Waals surface area contributed by atoms with Crippen molar-refractivity contribution in [3.05, 3.63) is 42.5 Å². The summed E-state index contributed by atoms with van der Waals surface area (Å²) in [6.45, 7) is 4.00. The molecule has 2 N–H and O–H groups in total. The number of rotatable bonds is 8. The van der Waals surface area contributed by atoms with Crippen LogP contribution in [0.4, 0.5) is 5.69 Å². The molecule has 2 aromatic carbocycles. The van der Waals surface area contributed by atoms with Gasteiger partial charge in [0.25, 0.3) is 0 Å². The van der Waals surface area contributed by atoms with Gasteiger partial charge in [-0.1, -0.05) is 13.8 Å². The van der Waals surface area contributed by atoms with Crippen LogP contribution in [0.3, 0.4) is 0 Å². The largest absolute Gasteiger partial charge is 0.492 e. The van der Waals surface area contributed by atoms with E-state index in [4.69, 9.17) is 14.2 Å². The standard InChI is InChI=1S/C19H22N2O6S/c1-13(2)19(22)21-14-3-6-16(7-4-14)28(23,24)20-9-10-25-15-5-8-17-18(11-15)27-12-26-17/h3-8,11,13,20H,9-10,12H2,1-2H3,(H,21,22). The second-order valence-corrected chi connectivity index (χ2v) is 8.20. The summed E-state index contributed by atoms with van der Waals surface area (Å²) in [5.74, 6) is 1.53. The number of sulfonamides is 1. The Kier molecular flexibility index (Phi) is 6.05. The molecule has 28 heavy (non-hydrogen) atoms. The summed E-state index contributed by atoms with van der Waals surface area (Å²) in [5, 5.41) is 2.71. The molecule has 8 nitrogen and oxygen atoms in total. The highest BCUT2D eigenvalue weighted by atomic mass is 32.2. The zero-order valence-corrected chi connectivity index (χ0v) is 16.4. The Bertz CT molecular complexity index is 941. The van der Waals surface area contributed by atoms with Crippen molar-refractivity contribution in [2.45, 2.75) is 18.7 Å². The van der Waals surface area contributed by atoms with Crippen LogP contribution in [-0.4, -0.2) is 34.3 Å². The summed E-state index contributed by atoms with van der Waals surface area (Å²) in [6.07, 6.45) is 0. The summed E-state index contributed by atoms with van der Waals surface area (Å²) in [4.78, 5) is 11.8. The van der Waals surface area contributed by atoms with E-state index >= 15 is 0 Å². The van der Waals surface area contributed by atoms with Crippen molar-refractivity contribution in [3.63, 3.8) is 0 Å². The van der Waals surface area contributed by atoms with Gasteiger partial charge in [0.15, 0.2) is 11.5 Å². The zero-order valence-electron chi connectivity index (χ0n) is 15.6. The van der Waals surface area contributed by atoms with Crippen molar-refractivity contribution in [1.82, 2.24) is 4.72 Å². The molecule has 0 bridgehead atoms. The molecular weight excluding hydrogens is 384 g/mol. The number of hydrogen-bond donors (Lipinski definition) is 2. The molecule has 0 fully saturated rings. The minimum atomic E-state index is -3.67. The quantitative estimate of drug-likeness (QED) is 0.653. The van der Waals surface area contributed by atoms with Crippen molar-refractivity contribution in [1.29, 1.82) is 0 Å². The Morgan fingerprint density at radius 2 is 1.82 bits per heavy atom. The van der Waals surface area contributed by atoms with E-state index in [0.717, 1.165) is 0 Å². The van der Waals surface area contributed by atoms with E-state index in [-0.39, 0.29) is 36.7 Å². The highest BCUT2D eigenvalue weighted by Gasteiger charge is 2.15. The van der Waals surface area contributed by atoms with E-state index in [1.807, 2.05) is 0 Å². The lowest BCUT2D eigenvalue weighted by Crippen LogP contribution is -2.28. The predicted molar refractivity (Wildman–Crippen MR) is 103 cm³/mol. The Labute approximate surface area is 163 Å². The van der Waals surface area contributed by atoms with Crippen molar-refractivity contribution < 1.29 is 27.4 Å². The van der Waals surface area contributed by atoms with Gasteiger partial charge in [-0.15, -0.1) is 0 Å². The Hall–Kier alpha value is -2.78. The first-order valence-electron chi connectivity index (χ1n) is 8.78. The van der Waals surface area contributed by atoms with Gasteiger partial charge in [0.1, 0.15) is 12.4 Å². The minimum absolute atomic E-state index is 0.0998. The molecule has 3 rings (SSSR count). The van der Waals surface area contributed by atoms with Crippen molar-refractivity contribution in [3.8, 4) is 17.2 Å². The third-order valence-corrected chi connectivity index (χ3v) is 5.44. The molecule has 2 aromatic rings. The van der Waals surface area contributed by atoms with Gasteiger partial charge < -0.3 is 19.5 Å². The minimum Gasteiger partial charge on any atom is -0.492 e. The Morgan fingerprint density at radius 1 is 1.11 bits per heavy atom. The summed E-state index contributed by atoms with van der Waals surface area (Å²) in [6, 6.07) is 11.2. The van der Waals surface area contributed by atoms with Crippen LogP contribution in [0.25, 0.3) is 0 Å². The first-order valence-corrected chi connectivity index (χ1v) is 10.3. The first kappa shape index (κ1) is 20.0. The summed E-state index contributed by atoms with van der Waals surface area (Å²) in [7, 11) is -3.67. The van der Waals surface area contributed by atoms with Crippen LogP contribution in [0.5, 0.6) is 17.2 Å². The van der Waals surface area contributed by atoms with Crippen LogP contribution in [0, 0.1) is 5.92 Å². The fraction of sp³-hybridized carbons (Fsp3) is 0.316. The molecular formula is C19H22N2O6S.